The number of fused-ring (bicyclic) bond motifs is 1. The fourth-order valence-electron chi connectivity index (χ4n) is 3.59. The molecule has 3 N–H and O–H groups in total. The lowest BCUT2D eigenvalue weighted by molar-refractivity contribution is 0.350. The molecule has 1 aromatic heterocycles. The molecule has 0 aliphatic carbocycles. The molecule has 1 heterocycles. The van der Waals surface area contributed by atoms with Gasteiger partial charge in [-0.05, 0) is 36.3 Å². The van der Waals surface area contributed by atoms with Gasteiger partial charge >= 0.3 is 0 Å². The Kier molecular flexibility index (Phi) is 7.36. The summed E-state index contributed by atoms with van der Waals surface area (Å²) in [4.78, 5) is 3.39. The number of rotatable bonds is 9. The molecule has 0 spiro atoms. The Labute approximate surface area is 177 Å². The van der Waals surface area contributed by atoms with Crippen molar-refractivity contribution in [3.8, 4) is 11.5 Å². The molecular weight excluding hydrogens is 382 g/mol. The van der Waals surface area contributed by atoms with Crippen molar-refractivity contribution in [1.29, 1.82) is 0 Å². The zero-order valence-electron chi connectivity index (χ0n) is 17.2. The first-order valence-electron chi connectivity index (χ1n) is 9.98. The molecule has 0 unspecified atom stereocenters. The fourth-order valence-corrected chi connectivity index (χ4v) is 3.78. The number of hydrogen-bond donors (Lipinski definition) is 3. The van der Waals surface area contributed by atoms with Gasteiger partial charge in [0.15, 0.2) is 16.6 Å². The van der Waals surface area contributed by atoms with Crippen LogP contribution in [0.25, 0.3) is 10.9 Å². The van der Waals surface area contributed by atoms with Crippen molar-refractivity contribution in [1.82, 2.24) is 15.6 Å². The van der Waals surface area contributed by atoms with E-state index < -0.39 is 0 Å². The van der Waals surface area contributed by atoms with E-state index in [0.29, 0.717) is 11.7 Å². The maximum atomic E-state index is 5.73. The number of unbranched alkanes of at least 4 members (excludes halogenated alkanes) is 1. The molecule has 0 aliphatic heterocycles. The van der Waals surface area contributed by atoms with E-state index in [1.165, 1.54) is 10.9 Å². The van der Waals surface area contributed by atoms with Crippen molar-refractivity contribution in [3.05, 3.63) is 59.8 Å². The second kappa shape index (κ2) is 10.2. The van der Waals surface area contributed by atoms with Crippen LogP contribution in [0, 0.1) is 0 Å². The van der Waals surface area contributed by atoms with Crippen LogP contribution in [0.3, 0.4) is 0 Å². The summed E-state index contributed by atoms with van der Waals surface area (Å²) in [7, 11) is 3.34. The van der Waals surface area contributed by atoms with Crippen LogP contribution in [0.15, 0.2) is 48.7 Å². The number of benzene rings is 2. The maximum absolute atomic E-state index is 5.73. The molecule has 0 bridgehead atoms. The van der Waals surface area contributed by atoms with Gasteiger partial charge in [0.05, 0.1) is 14.2 Å². The van der Waals surface area contributed by atoms with E-state index in [9.17, 15) is 0 Å². The second-order valence-electron chi connectivity index (χ2n) is 6.92. The normalized spacial score (nSPS) is 11.8. The number of methoxy groups -OCH3 is 2. The molecular formula is C23H29N3O2S. The first-order valence-corrected chi connectivity index (χ1v) is 10.4. The van der Waals surface area contributed by atoms with E-state index in [1.807, 2.05) is 18.2 Å². The van der Waals surface area contributed by atoms with E-state index in [2.05, 4.69) is 53.0 Å². The molecule has 6 heteroatoms. The number of nitrogens with one attached hydrogen (secondary N) is 3. The Balaban J connectivity index is 1.96. The summed E-state index contributed by atoms with van der Waals surface area (Å²) in [6.45, 7) is 3.69. The van der Waals surface area contributed by atoms with Gasteiger partial charge in [-0.25, -0.2) is 0 Å². The summed E-state index contributed by atoms with van der Waals surface area (Å²) < 4.78 is 11.3. The van der Waals surface area contributed by atoms with Gasteiger partial charge < -0.3 is 25.1 Å². The van der Waals surface area contributed by atoms with E-state index in [0.717, 1.165) is 42.0 Å². The lowest BCUT2D eigenvalue weighted by Crippen LogP contribution is -2.38. The van der Waals surface area contributed by atoms with Crippen LogP contribution in [-0.2, 0) is 0 Å². The molecule has 3 rings (SSSR count). The highest BCUT2D eigenvalue weighted by molar-refractivity contribution is 7.80. The number of aromatic amines is 1. The lowest BCUT2D eigenvalue weighted by atomic mass is 9.90. The van der Waals surface area contributed by atoms with Gasteiger partial charge in [0.1, 0.15) is 0 Å². The van der Waals surface area contributed by atoms with Gasteiger partial charge in [-0.2, -0.15) is 0 Å². The van der Waals surface area contributed by atoms with Gasteiger partial charge in [0.25, 0.3) is 0 Å². The van der Waals surface area contributed by atoms with E-state index in [1.54, 1.807) is 14.2 Å². The van der Waals surface area contributed by atoms with Crippen molar-refractivity contribution in [3.63, 3.8) is 0 Å². The summed E-state index contributed by atoms with van der Waals surface area (Å²) in [5.74, 6) is 1.50. The second-order valence-corrected chi connectivity index (χ2v) is 7.32. The number of aromatic nitrogens is 1. The van der Waals surface area contributed by atoms with E-state index >= 15 is 0 Å². The van der Waals surface area contributed by atoms with Crippen molar-refractivity contribution < 1.29 is 9.47 Å². The molecule has 154 valence electrons. The third-order valence-corrected chi connectivity index (χ3v) is 5.38. The Bertz CT molecular complexity index is 954. The number of para-hydroxylation sites is 2. The zero-order valence-corrected chi connectivity index (χ0v) is 18.1. The van der Waals surface area contributed by atoms with Gasteiger partial charge in [0.2, 0.25) is 0 Å². The molecule has 2 aromatic carbocycles. The number of hydrogen-bond acceptors (Lipinski definition) is 3. The first-order chi connectivity index (χ1) is 14.2. The van der Waals surface area contributed by atoms with Crippen LogP contribution in [0.5, 0.6) is 11.5 Å². The third-order valence-electron chi connectivity index (χ3n) is 5.09. The molecule has 3 aromatic rings. The monoisotopic (exact) mass is 411 g/mol. The predicted octanol–water partition coefficient (Wildman–Crippen LogP) is 4.58. The Morgan fingerprint density at radius 3 is 2.62 bits per heavy atom. The first kappa shape index (κ1) is 21.0. The molecule has 5 nitrogen and oxygen atoms in total. The highest BCUT2D eigenvalue weighted by atomic mass is 32.1. The van der Waals surface area contributed by atoms with Gasteiger partial charge in [-0.1, -0.05) is 43.7 Å². The quantitative estimate of drug-likeness (QED) is 0.355. The molecule has 0 aliphatic rings. The highest BCUT2D eigenvalue weighted by Crippen LogP contribution is 2.40. The van der Waals surface area contributed by atoms with Crippen molar-refractivity contribution >= 4 is 28.2 Å². The fraction of sp³-hybridized carbons (Fsp3) is 0.348. The van der Waals surface area contributed by atoms with Crippen LogP contribution >= 0.6 is 12.2 Å². The highest BCUT2D eigenvalue weighted by Gasteiger charge is 2.23. The lowest BCUT2D eigenvalue weighted by Gasteiger charge is -2.22. The molecule has 0 fully saturated rings. The van der Waals surface area contributed by atoms with Crippen molar-refractivity contribution in [2.75, 3.05) is 27.3 Å². The summed E-state index contributed by atoms with van der Waals surface area (Å²) in [6.07, 6.45) is 4.30. The van der Waals surface area contributed by atoms with Crippen LogP contribution in [0.2, 0.25) is 0 Å². The average Bonchev–Trinajstić information content (AvgIpc) is 3.18. The smallest absolute Gasteiger partial charge is 0.166 e. The molecule has 0 amide bonds. The minimum Gasteiger partial charge on any atom is -0.493 e. The zero-order chi connectivity index (χ0) is 20.6. The third kappa shape index (κ3) is 4.82. The Hall–Kier alpha value is -2.73. The molecule has 1 atom stereocenters. The Morgan fingerprint density at radius 2 is 1.86 bits per heavy atom. The number of H-pyrrole nitrogens is 1. The largest absolute Gasteiger partial charge is 0.493 e. The van der Waals surface area contributed by atoms with Crippen LogP contribution in [0.1, 0.15) is 36.8 Å². The average molecular weight is 412 g/mol. The SMILES string of the molecule is CCCCNC(=S)NC[C@H](c1cccc(OC)c1OC)c1c[nH]c2ccccc12. The van der Waals surface area contributed by atoms with E-state index in [-0.39, 0.29) is 5.92 Å². The minimum absolute atomic E-state index is 0.0297. The maximum Gasteiger partial charge on any atom is 0.166 e. The number of thiocarbonyl (C=S) groups is 1. The van der Waals surface area contributed by atoms with Crippen molar-refractivity contribution in [2.45, 2.75) is 25.7 Å². The van der Waals surface area contributed by atoms with E-state index in [4.69, 9.17) is 21.7 Å². The van der Waals surface area contributed by atoms with Crippen LogP contribution in [-0.4, -0.2) is 37.4 Å². The number of ether oxygens (including phenoxy) is 2. The minimum atomic E-state index is 0.0297. The van der Waals surface area contributed by atoms with Gasteiger partial charge in [-0.15, -0.1) is 0 Å². The van der Waals surface area contributed by atoms with Gasteiger partial charge in [-0.3, -0.25) is 0 Å². The van der Waals surface area contributed by atoms with Gasteiger partial charge in [0, 0.05) is 41.7 Å². The summed E-state index contributed by atoms with van der Waals surface area (Å²) in [5.41, 5.74) is 3.36. The summed E-state index contributed by atoms with van der Waals surface area (Å²) >= 11 is 5.48. The molecule has 29 heavy (non-hydrogen) atoms. The summed E-state index contributed by atoms with van der Waals surface area (Å²) in [6, 6.07) is 14.3. The topological polar surface area (TPSA) is 58.3 Å². The predicted molar refractivity (Wildman–Crippen MR) is 123 cm³/mol. The molecule has 0 radical (unpaired) electrons. The molecule has 0 saturated carbocycles. The van der Waals surface area contributed by atoms with Crippen molar-refractivity contribution in [2.24, 2.45) is 0 Å². The summed E-state index contributed by atoms with van der Waals surface area (Å²) in [5, 5.41) is 8.53. The molecule has 0 saturated heterocycles. The standard InChI is InChI=1S/C23H29N3O2S/c1-4-5-13-24-23(29)26-15-19(17-10-8-12-21(27-2)22(17)28-3)18-14-25-20-11-7-6-9-16(18)20/h6-12,14,19,25H,4-5,13,15H2,1-3H3,(H2,24,26,29)/t19-/m1/s1. The van der Waals surface area contributed by atoms with Crippen LogP contribution in [0.4, 0.5) is 0 Å². The van der Waals surface area contributed by atoms with Crippen LogP contribution < -0.4 is 20.1 Å². The Morgan fingerprint density at radius 1 is 1.03 bits per heavy atom.